The number of ether oxygens (including phenoxy) is 3. The van der Waals surface area contributed by atoms with Gasteiger partial charge in [0.2, 0.25) is 11.6 Å². The maximum Gasteiger partial charge on any atom is 0.219 e. The summed E-state index contributed by atoms with van der Waals surface area (Å²) >= 11 is 0. The standard InChI is InChI=1S/C16H20N2O3/c1-11(17)9-12-7-8-15(18-10-12)21-16-13(19-2)5-4-6-14(16)20-3/h4-8,10-11H,9,17H2,1-3H3. The Morgan fingerprint density at radius 1 is 1.10 bits per heavy atom. The van der Waals surface area contributed by atoms with Crippen LogP contribution in [-0.2, 0) is 6.42 Å². The maximum atomic E-state index is 5.79. The van der Waals surface area contributed by atoms with Crippen molar-refractivity contribution in [2.24, 2.45) is 5.73 Å². The number of nitrogens with zero attached hydrogens (tertiary/aromatic N) is 1. The molecule has 21 heavy (non-hydrogen) atoms. The van der Waals surface area contributed by atoms with E-state index in [1.54, 1.807) is 20.4 Å². The molecule has 0 saturated heterocycles. The molecule has 1 heterocycles. The highest BCUT2D eigenvalue weighted by Crippen LogP contribution is 2.39. The maximum absolute atomic E-state index is 5.79. The van der Waals surface area contributed by atoms with Gasteiger partial charge in [0.15, 0.2) is 11.5 Å². The fourth-order valence-electron chi connectivity index (χ4n) is 1.99. The van der Waals surface area contributed by atoms with Crippen molar-refractivity contribution in [1.29, 1.82) is 0 Å². The molecule has 2 N–H and O–H groups in total. The molecule has 1 atom stereocenters. The van der Waals surface area contributed by atoms with E-state index in [1.807, 2.05) is 37.3 Å². The number of pyridine rings is 1. The fraction of sp³-hybridized carbons (Fsp3) is 0.312. The number of benzene rings is 1. The van der Waals surface area contributed by atoms with Crippen molar-refractivity contribution < 1.29 is 14.2 Å². The molecule has 0 bridgehead atoms. The van der Waals surface area contributed by atoms with Crippen LogP contribution in [0, 0.1) is 0 Å². The van der Waals surface area contributed by atoms with E-state index < -0.39 is 0 Å². The van der Waals surface area contributed by atoms with Crippen LogP contribution in [-0.4, -0.2) is 25.2 Å². The average molecular weight is 288 g/mol. The van der Waals surface area contributed by atoms with Crippen LogP contribution >= 0.6 is 0 Å². The number of hydrogen-bond acceptors (Lipinski definition) is 5. The van der Waals surface area contributed by atoms with Gasteiger partial charge in [-0.25, -0.2) is 4.98 Å². The third kappa shape index (κ3) is 3.86. The second-order valence-corrected chi connectivity index (χ2v) is 4.78. The summed E-state index contributed by atoms with van der Waals surface area (Å²) in [5.41, 5.74) is 6.84. The van der Waals surface area contributed by atoms with Gasteiger partial charge in [-0.2, -0.15) is 0 Å². The highest BCUT2D eigenvalue weighted by molar-refractivity contribution is 5.52. The Hall–Kier alpha value is -2.27. The first kappa shape index (κ1) is 15.1. The summed E-state index contributed by atoms with van der Waals surface area (Å²) in [6, 6.07) is 9.32. The van der Waals surface area contributed by atoms with Gasteiger partial charge in [-0.15, -0.1) is 0 Å². The van der Waals surface area contributed by atoms with Gasteiger partial charge in [0.25, 0.3) is 0 Å². The quantitative estimate of drug-likeness (QED) is 0.885. The lowest BCUT2D eigenvalue weighted by atomic mass is 10.1. The summed E-state index contributed by atoms with van der Waals surface area (Å²) in [5.74, 6) is 2.17. The average Bonchev–Trinajstić information content (AvgIpc) is 2.49. The number of para-hydroxylation sites is 1. The highest BCUT2D eigenvalue weighted by atomic mass is 16.5. The van der Waals surface area contributed by atoms with Crippen LogP contribution in [0.3, 0.4) is 0 Å². The Morgan fingerprint density at radius 2 is 1.76 bits per heavy atom. The van der Waals surface area contributed by atoms with Crippen molar-refractivity contribution >= 4 is 0 Å². The normalized spacial score (nSPS) is 11.8. The zero-order chi connectivity index (χ0) is 15.2. The van der Waals surface area contributed by atoms with Gasteiger partial charge in [-0.05, 0) is 31.0 Å². The lowest BCUT2D eigenvalue weighted by molar-refractivity contribution is 0.342. The van der Waals surface area contributed by atoms with Crippen LogP contribution in [0.4, 0.5) is 0 Å². The van der Waals surface area contributed by atoms with E-state index in [1.165, 1.54) is 0 Å². The highest BCUT2D eigenvalue weighted by Gasteiger charge is 2.13. The van der Waals surface area contributed by atoms with Crippen LogP contribution in [0.1, 0.15) is 12.5 Å². The van der Waals surface area contributed by atoms with E-state index in [0.29, 0.717) is 23.1 Å². The lowest BCUT2D eigenvalue weighted by Gasteiger charge is -2.13. The van der Waals surface area contributed by atoms with Crippen molar-refractivity contribution in [3.8, 4) is 23.1 Å². The Labute approximate surface area is 124 Å². The van der Waals surface area contributed by atoms with Gasteiger partial charge in [0.05, 0.1) is 14.2 Å². The van der Waals surface area contributed by atoms with Crippen molar-refractivity contribution in [2.45, 2.75) is 19.4 Å². The smallest absolute Gasteiger partial charge is 0.219 e. The molecule has 0 aliphatic rings. The first-order valence-electron chi connectivity index (χ1n) is 6.73. The van der Waals surface area contributed by atoms with Crippen LogP contribution < -0.4 is 19.9 Å². The zero-order valence-corrected chi connectivity index (χ0v) is 12.5. The van der Waals surface area contributed by atoms with Crippen LogP contribution in [0.2, 0.25) is 0 Å². The number of rotatable bonds is 6. The Balaban J connectivity index is 2.22. The monoisotopic (exact) mass is 288 g/mol. The van der Waals surface area contributed by atoms with E-state index in [9.17, 15) is 0 Å². The molecule has 0 fully saturated rings. The number of hydrogen-bond donors (Lipinski definition) is 1. The molecule has 0 saturated carbocycles. The SMILES string of the molecule is COc1cccc(OC)c1Oc1ccc(CC(C)N)cn1. The predicted octanol–water partition coefficient (Wildman–Crippen LogP) is 2.78. The van der Waals surface area contributed by atoms with Crippen molar-refractivity contribution in [2.75, 3.05) is 14.2 Å². The summed E-state index contributed by atoms with van der Waals surface area (Å²) in [6.07, 6.45) is 2.55. The molecule has 2 aromatic rings. The third-order valence-electron chi connectivity index (χ3n) is 2.94. The van der Waals surface area contributed by atoms with E-state index in [-0.39, 0.29) is 6.04 Å². The minimum Gasteiger partial charge on any atom is -0.493 e. The summed E-state index contributed by atoms with van der Waals surface area (Å²) in [5, 5.41) is 0. The van der Waals surface area contributed by atoms with Gasteiger partial charge >= 0.3 is 0 Å². The van der Waals surface area contributed by atoms with Crippen molar-refractivity contribution in [1.82, 2.24) is 4.98 Å². The number of aromatic nitrogens is 1. The molecule has 1 aromatic carbocycles. The number of methoxy groups -OCH3 is 2. The van der Waals surface area contributed by atoms with E-state index in [2.05, 4.69) is 4.98 Å². The second kappa shape index (κ2) is 6.95. The molecule has 2 rings (SSSR count). The van der Waals surface area contributed by atoms with Gasteiger partial charge in [0.1, 0.15) is 0 Å². The Morgan fingerprint density at radius 3 is 2.24 bits per heavy atom. The summed E-state index contributed by atoms with van der Waals surface area (Å²) < 4.78 is 16.4. The van der Waals surface area contributed by atoms with E-state index >= 15 is 0 Å². The molecule has 5 nitrogen and oxygen atoms in total. The molecule has 1 unspecified atom stereocenters. The summed E-state index contributed by atoms with van der Waals surface area (Å²) in [6.45, 7) is 1.96. The Bertz CT molecular complexity index is 560. The molecule has 1 aromatic heterocycles. The molecular weight excluding hydrogens is 268 g/mol. The first-order valence-corrected chi connectivity index (χ1v) is 6.73. The minimum atomic E-state index is 0.105. The number of nitrogens with two attached hydrogens (primary N) is 1. The zero-order valence-electron chi connectivity index (χ0n) is 12.5. The molecule has 5 heteroatoms. The molecule has 0 radical (unpaired) electrons. The van der Waals surface area contributed by atoms with Crippen molar-refractivity contribution in [3.05, 3.63) is 42.1 Å². The molecule has 0 spiro atoms. The van der Waals surface area contributed by atoms with Crippen LogP contribution in [0.15, 0.2) is 36.5 Å². The topological polar surface area (TPSA) is 66.6 Å². The molecule has 0 aliphatic heterocycles. The molecular formula is C16H20N2O3. The van der Waals surface area contributed by atoms with E-state index in [0.717, 1.165) is 12.0 Å². The van der Waals surface area contributed by atoms with Gasteiger partial charge in [-0.1, -0.05) is 12.1 Å². The predicted molar refractivity (Wildman–Crippen MR) is 81.2 cm³/mol. The van der Waals surface area contributed by atoms with Crippen LogP contribution in [0.5, 0.6) is 23.1 Å². The Kier molecular flexibility index (Phi) is 5.00. The van der Waals surface area contributed by atoms with Crippen LogP contribution in [0.25, 0.3) is 0 Å². The van der Waals surface area contributed by atoms with Gasteiger partial charge < -0.3 is 19.9 Å². The second-order valence-electron chi connectivity index (χ2n) is 4.78. The van der Waals surface area contributed by atoms with Gasteiger partial charge in [-0.3, -0.25) is 0 Å². The molecule has 0 amide bonds. The largest absolute Gasteiger partial charge is 0.493 e. The fourth-order valence-corrected chi connectivity index (χ4v) is 1.99. The third-order valence-corrected chi connectivity index (χ3v) is 2.94. The molecule has 0 aliphatic carbocycles. The molecule has 112 valence electrons. The minimum absolute atomic E-state index is 0.105. The van der Waals surface area contributed by atoms with Gasteiger partial charge in [0, 0.05) is 18.3 Å². The van der Waals surface area contributed by atoms with Crippen molar-refractivity contribution in [3.63, 3.8) is 0 Å². The summed E-state index contributed by atoms with van der Waals surface area (Å²) in [4.78, 5) is 4.29. The first-order chi connectivity index (χ1) is 10.1. The lowest BCUT2D eigenvalue weighted by Crippen LogP contribution is -2.17. The van der Waals surface area contributed by atoms with E-state index in [4.69, 9.17) is 19.9 Å². The summed E-state index contributed by atoms with van der Waals surface area (Å²) in [7, 11) is 3.17.